The molecule has 2 fully saturated rings. The summed E-state index contributed by atoms with van der Waals surface area (Å²) in [4.78, 5) is 108. The summed E-state index contributed by atoms with van der Waals surface area (Å²) >= 11 is 0. The summed E-state index contributed by atoms with van der Waals surface area (Å²) in [6.07, 6.45) is -1.64. The highest BCUT2D eigenvalue weighted by atomic mass is 16.4. The molecule has 8 N–H and O–H groups in total. The number of amides is 6. The smallest absolute Gasteiger partial charge is 0.305 e. The summed E-state index contributed by atoms with van der Waals surface area (Å²) in [5.41, 5.74) is -0.0234. The highest BCUT2D eigenvalue weighted by Crippen LogP contribution is 2.24. The number of hydrogen-bond acceptors (Lipinski definition) is 11. The van der Waals surface area contributed by atoms with Crippen LogP contribution in [0, 0.1) is 10.8 Å². The zero-order valence-electron chi connectivity index (χ0n) is 31.8. The van der Waals surface area contributed by atoms with Gasteiger partial charge in [-0.2, -0.15) is 0 Å². The zero-order chi connectivity index (χ0) is 40.5. The molecule has 18 heteroatoms. The first-order valence-electron chi connectivity index (χ1n) is 18.1. The molecule has 2 heterocycles. The van der Waals surface area contributed by atoms with Gasteiger partial charge in [0.1, 0.15) is 35.9 Å². The summed E-state index contributed by atoms with van der Waals surface area (Å²) in [5.74, 6) is -6.39. The van der Waals surface area contributed by atoms with Crippen molar-refractivity contribution in [2.24, 2.45) is 11.1 Å². The van der Waals surface area contributed by atoms with Crippen LogP contribution in [0.25, 0.3) is 0 Å². The molecule has 0 unspecified atom stereocenters. The lowest BCUT2D eigenvalue weighted by atomic mass is 9.99. The Morgan fingerprint density at radius 2 is 1.44 bits per heavy atom. The molecule has 0 aromatic heterocycles. The Morgan fingerprint density at radius 1 is 0.870 bits per heavy atom. The van der Waals surface area contributed by atoms with Gasteiger partial charge < -0.3 is 42.1 Å². The summed E-state index contributed by atoms with van der Waals surface area (Å²) in [6, 6.07) is -3.02. The van der Waals surface area contributed by atoms with E-state index in [1.54, 1.807) is 51.7 Å². The molecule has 2 saturated heterocycles. The third-order valence-corrected chi connectivity index (χ3v) is 9.09. The van der Waals surface area contributed by atoms with Gasteiger partial charge in [-0.25, -0.2) is 0 Å². The average molecular weight is 759 g/mol. The fourth-order valence-corrected chi connectivity index (χ4v) is 6.60. The highest BCUT2D eigenvalue weighted by Gasteiger charge is 2.44. The Hall–Kier alpha value is -4.97. The van der Waals surface area contributed by atoms with Crippen LogP contribution in [0.3, 0.4) is 0 Å². The number of carbonyl (C=O) groups is 7. The van der Waals surface area contributed by atoms with Gasteiger partial charge in [-0.3, -0.25) is 38.5 Å². The summed E-state index contributed by atoms with van der Waals surface area (Å²) in [6.45, 7) is 11.9. The van der Waals surface area contributed by atoms with Crippen LogP contribution in [0.15, 0.2) is 29.4 Å². The van der Waals surface area contributed by atoms with E-state index in [2.05, 4.69) is 37.1 Å². The maximum Gasteiger partial charge on any atom is 0.305 e. The third-order valence-electron chi connectivity index (χ3n) is 9.09. The Kier molecular flexibility index (Phi) is 15.2. The van der Waals surface area contributed by atoms with E-state index in [4.69, 9.17) is 0 Å². The first-order chi connectivity index (χ1) is 25.2. The Morgan fingerprint density at radius 3 is 2.00 bits per heavy atom. The number of aliphatic carboxylic acids is 1. The quantitative estimate of drug-likeness (QED) is 0.152. The number of aliphatic hydroxyl groups is 1. The summed E-state index contributed by atoms with van der Waals surface area (Å²) in [7, 11) is 0. The van der Waals surface area contributed by atoms with Crippen LogP contribution < -0.4 is 31.9 Å². The molecule has 0 aliphatic carbocycles. The van der Waals surface area contributed by atoms with E-state index in [9.17, 15) is 48.7 Å². The van der Waals surface area contributed by atoms with Crippen molar-refractivity contribution in [2.75, 3.05) is 6.54 Å². The number of carbonyl (C=O) groups excluding carboxylic acids is 6. The van der Waals surface area contributed by atoms with Gasteiger partial charge in [0.15, 0.2) is 0 Å². The van der Waals surface area contributed by atoms with Gasteiger partial charge in [-0.05, 0) is 89.2 Å². The van der Waals surface area contributed by atoms with E-state index in [1.807, 2.05) is 0 Å². The van der Waals surface area contributed by atoms with Crippen LogP contribution in [0.4, 0.5) is 5.69 Å². The fraction of sp³-hybridized carbons (Fsp3) is 0.639. The largest absolute Gasteiger partial charge is 0.481 e. The minimum absolute atomic E-state index is 0.0525. The fourth-order valence-electron chi connectivity index (χ4n) is 6.60. The van der Waals surface area contributed by atoms with Crippen LogP contribution in [-0.4, -0.2) is 117 Å². The van der Waals surface area contributed by atoms with Crippen LogP contribution in [-0.2, 0) is 40.0 Å². The van der Waals surface area contributed by atoms with Gasteiger partial charge in [0.05, 0.1) is 24.6 Å². The van der Waals surface area contributed by atoms with Gasteiger partial charge in [0.2, 0.25) is 35.4 Å². The first kappa shape index (κ1) is 43.4. The number of rotatable bonds is 9. The number of nitrogens with zero attached hydrogens (tertiary/aromatic N) is 2. The van der Waals surface area contributed by atoms with Crippen molar-refractivity contribution in [3.05, 3.63) is 34.7 Å². The molecule has 0 bridgehead atoms. The lowest BCUT2D eigenvalue weighted by molar-refractivity contribution is -0.142. The van der Waals surface area contributed by atoms with Crippen LogP contribution in [0.2, 0.25) is 0 Å². The zero-order valence-corrected chi connectivity index (χ0v) is 31.8. The third kappa shape index (κ3) is 12.3. The van der Waals surface area contributed by atoms with Crippen molar-refractivity contribution >= 4 is 47.1 Å². The van der Waals surface area contributed by atoms with Gasteiger partial charge in [-0.15, -0.1) is 4.91 Å². The maximum absolute atomic E-state index is 14.2. The second-order valence-corrected chi connectivity index (χ2v) is 15.5. The Labute approximate surface area is 314 Å². The topological polar surface area (TPSA) is 265 Å². The molecule has 0 saturated carbocycles. The number of nitroso groups, excluding NO2 is 1. The van der Waals surface area contributed by atoms with E-state index in [1.165, 1.54) is 26.0 Å². The van der Waals surface area contributed by atoms with Crippen molar-refractivity contribution in [2.45, 2.75) is 135 Å². The standard InChI is InChI=1S/C36H54N8O10/c1-18(2)15-23-30(48)39-25(17-27(46)47)32(50)41-28(20(4)45)34(52)37-19(3)29(35(53)42-36(5,6)7)44-14-8-9-26(44)33(51)40-24(31(49)38-23)16-21-10-12-22(43-54)13-11-21/h10-13,18-20,23-26,28-29,45H,8-9,14-17H2,1-7H3,(H,37,52)(H,38,49)(H,39,48)(H,40,51)(H,41,50)(H,42,53)(H,46,47)/t19-,20+,23-,24+,25-,26-,28-,29-/m0/s1. The highest BCUT2D eigenvalue weighted by molar-refractivity contribution is 5.97. The van der Waals surface area contributed by atoms with E-state index in [0.717, 1.165) is 0 Å². The molecule has 18 nitrogen and oxygen atoms in total. The molecule has 3 rings (SSSR count). The van der Waals surface area contributed by atoms with Crippen LogP contribution in [0.1, 0.15) is 79.7 Å². The van der Waals surface area contributed by atoms with E-state index in [-0.39, 0.29) is 31.0 Å². The van der Waals surface area contributed by atoms with Gasteiger partial charge in [0, 0.05) is 12.0 Å². The lowest BCUT2D eigenvalue weighted by Crippen LogP contribution is -2.66. The molecule has 8 atom stereocenters. The van der Waals surface area contributed by atoms with Crippen LogP contribution in [0.5, 0.6) is 0 Å². The molecule has 0 spiro atoms. The Bertz CT molecular complexity index is 1560. The second kappa shape index (κ2) is 18.9. The SMILES string of the molecule is CC(C)C[C@@H]1NC(=O)[C@@H](Cc2ccc(N=O)cc2)NC(=O)[C@@H]2CCCN2[C@H](C(=O)NC(C)(C)C)[C@H](C)NC(=O)[C@H]([C@@H](C)O)NC(=O)[C@H](CC(=O)O)NC1=O. The summed E-state index contributed by atoms with van der Waals surface area (Å²) < 4.78 is 0. The van der Waals surface area contributed by atoms with Crippen molar-refractivity contribution in [1.82, 2.24) is 36.8 Å². The van der Waals surface area contributed by atoms with E-state index >= 15 is 0 Å². The van der Waals surface area contributed by atoms with Crippen molar-refractivity contribution in [3.8, 4) is 0 Å². The monoisotopic (exact) mass is 758 g/mol. The number of benzene rings is 1. The molecule has 298 valence electrons. The number of hydrogen-bond donors (Lipinski definition) is 8. The molecule has 54 heavy (non-hydrogen) atoms. The predicted octanol–water partition coefficient (Wildman–Crippen LogP) is -0.266. The number of fused-ring (bicyclic) bond motifs is 1. The normalized spacial score (nSPS) is 27.2. The molecule has 1 aromatic rings. The number of carboxylic acid groups (broad SMARTS) is 1. The van der Waals surface area contributed by atoms with Crippen molar-refractivity contribution in [1.29, 1.82) is 0 Å². The second-order valence-electron chi connectivity index (χ2n) is 15.5. The van der Waals surface area contributed by atoms with E-state index < -0.39 is 102 Å². The lowest BCUT2D eigenvalue weighted by Gasteiger charge is -2.38. The minimum atomic E-state index is -1.73. The number of aliphatic hydroxyl groups excluding tert-OH is 1. The van der Waals surface area contributed by atoms with Crippen molar-refractivity contribution in [3.63, 3.8) is 0 Å². The van der Waals surface area contributed by atoms with Gasteiger partial charge in [0.25, 0.3) is 0 Å². The molecule has 2 aliphatic rings. The minimum Gasteiger partial charge on any atom is -0.481 e. The molecule has 2 aliphatic heterocycles. The number of carboxylic acids is 1. The van der Waals surface area contributed by atoms with Gasteiger partial charge >= 0.3 is 5.97 Å². The molecule has 0 radical (unpaired) electrons. The van der Waals surface area contributed by atoms with Crippen molar-refractivity contribution < 1.29 is 43.8 Å². The number of nitrogens with one attached hydrogen (secondary N) is 6. The Balaban J connectivity index is 2.16. The molecular formula is C36H54N8O10. The predicted molar refractivity (Wildman–Crippen MR) is 196 cm³/mol. The molecular weight excluding hydrogens is 704 g/mol. The maximum atomic E-state index is 14.2. The molecule has 1 aromatic carbocycles. The average Bonchev–Trinajstić information content (AvgIpc) is 3.54. The summed E-state index contributed by atoms with van der Waals surface area (Å²) in [5, 5.41) is 38.9. The van der Waals surface area contributed by atoms with E-state index in [0.29, 0.717) is 18.4 Å². The molecule has 6 amide bonds. The van der Waals surface area contributed by atoms with Gasteiger partial charge in [-0.1, -0.05) is 26.0 Å². The van der Waals surface area contributed by atoms with Crippen LogP contribution >= 0.6 is 0 Å². The first-order valence-corrected chi connectivity index (χ1v) is 18.1.